The minimum absolute atomic E-state index is 0.379. The van der Waals surface area contributed by atoms with Crippen LogP contribution in [-0.4, -0.2) is 17.9 Å². The smallest absolute Gasteiger partial charge is 0.250 e. The number of allylic oxidation sites excluding steroid dienone is 3. The summed E-state index contributed by atoms with van der Waals surface area (Å²) in [6, 6.07) is 15.2. The lowest BCUT2D eigenvalue weighted by Crippen LogP contribution is -2.13. The Morgan fingerprint density at radius 3 is 2.74 bits per heavy atom. The molecular formula is C22H21N3O2. The second-order valence-corrected chi connectivity index (χ2v) is 5.86. The molecule has 0 atom stereocenters. The molecule has 0 unspecified atom stereocenters. The van der Waals surface area contributed by atoms with Crippen molar-refractivity contribution in [3.63, 3.8) is 0 Å². The largest absolute Gasteiger partial charge is 0.441 e. The number of ether oxygens (including phenoxy) is 1. The molecule has 2 aromatic carbocycles. The van der Waals surface area contributed by atoms with E-state index in [-0.39, 0.29) is 0 Å². The van der Waals surface area contributed by atoms with Crippen LogP contribution in [-0.2, 0) is 0 Å². The average Bonchev–Trinajstić information content (AvgIpc) is 2.70. The molecule has 1 amide bonds. The fraction of sp³-hybridized carbons (Fsp3) is 0.0909. The Labute approximate surface area is 158 Å². The first-order chi connectivity index (χ1) is 13.1. The number of para-hydroxylation sites is 1. The zero-order chi connectivity index (χ0) is 19.2. The molecule has 1 heterocycles. The quantitative estimate of drug-likeness (QED) is 0.515. The van der Waals surface area contributed by atoms with Crippen LogP contribution in [0.1, 0.15) is 17.3 Å². The maximum absolute atomic E-state index is 12.0. The van der Waals surface area contributed by atoms with E-state index in [2.05, 4.69) is 10.3 Å². The molecule has 136 valence electrons. The number of benzene rings is 2. The van der Waals surface area contributed by atoms with E-state index in [1.165, 1.54) is 6.20 Å². The van der Waals surface area contributed by atoms with Crippen LogP contribution in [0, 0.1) is 0 Å². The van der Waals surface area contributed by atoms with Gasteiger partial charge in [-0.05, 0) is 36.8 Å². The molecule has 5 nitrogen and oxygen atoms in total. The average molecular weight is 359 g/mol. The van der Waals surface area contributed by atoms with Gasteiger partial charge in [-0.2, -0.15) is 0 Å². The highest BCUT2D eigenvalue weighted by molar-refractivity contribution is 6.08. The van der Waals surface area contributed by atoms with Crippen LogP contribution in [0.15, 0.2) is 78.8 Å². The van der Waals surface area contributed by atoms with Crippen LogP contribution in [0.3, 0.4) is 0 Å². The summed E-state index contributed by atoms with van der Waals surface area (Å²) in [4.78, 5) is 16.3. The molecule has 0 aliphatic heterocycles. The van der Waals surface area contributed by atoms with Crippen molar-refractivity contribution < 1.29 is 9.53 Å². The van der Waals surface area contributed by atoms with Gasteiger partial charge in [-0.15, -0.1) is 0 Å². The molecular weight excluding hydrogens is 338 g/mol. The van der Waals surface area contributed by atoms with Crippen molar-refractivity contribution in [1.82, 2.24) is 10.3 Å². The number of nitrogens with two attached hydrogens (primary N) is 1. The van der Waals surface area contributed by atoms with Gasteiger partial charge in [0, 0.05) is 24.2 Å². The summed E-state index contributed by atoms with van der Waals surface area (Å²) >= 11 is 0. The highest BCUT2D eigenvalue weighted by atomic mass is 16.5. The number of rotatable bonds is 6. The van der Waals surface area contributed by atoms with Crippen molar-refractivity contribution in [2.24, 2.45) is 5.73 Å². The third kappa shape index (κ3) is 3.98. The predicted octanol–water partition coefficient (Wildman–Crippen LogP) is 4.02. The minimum atomic E-state index is -0.515. The number of primary amides is 1. The van der Waals surface area contributed by atoms with Crippen molar-refractivity contribution in [1.29, 1.82) is 0 Å². The van der Waals surface area contributed by atoms with Gasteiger partial charge in [0.25, 0.3) is 5.91 Å². The standard InChI is InChI=1S/C22H21N3O2/c1-3-4-12-20(24-2)27-16-9-7-8-15(13-16)21-17-10-5-6-11-19(17)25-14-18(21)22(23)26/h3-14,24H,1-2H3,(H2,23,26)/b4-3-,20-12+. The number of carbonyl (C=O) groups is 1. The summed E-state index contributed by atoms with van der Waals surface area (Å²) in [7, 11) is 1.79. The number of nitrogens with one attached hydrogen (secondary N) is 1. The molecule has 3 N–H and O–H groups in total. The minimum Gasteiger partial charge on any atom is -0.441 e. The lowest BCUT2D eigenvalue weighted by Gasteiger charge is -2.13. The Morgan fingerprint density at radius 2 is 2.00 bits per heavy atom. The fourth-order valence-electron chi connectivity index (χ4n) is 2.83. The molecule has 3 rings (SSSR count). The molecule has 0 bridgehead atoms. The Morgan fingerprint density at radius 1 is 1.19 bits per heavy atom. The molecule has 0 spiro atoms. The Balaban J connectivity index is 2.12. The molecule has 0 fully saturated rings. The third-order valence-electron chi connectivity index (χ3n) is 4.08. The lowest BCUT2D eigenvalue weighted by molar-refractivity contribution is 0.100. The molecule has 0 radical (unpaired) electrons. The Hall–Kier alpha value is -3.60. The molecule has 3 aromatic rings. The van der Waals surface area contributed by atoms with Gasteiger partial charge in [0.2, 0.25) is 0 Å². The maximum atomic E-state index is 12.0. The zero-order valence-electron chi connectivity index (χ0n) is 15.3. The highest BCUT2D eigenvalue weighted by Gasteiger charge is 2.15. The van der Waals surface area contributed by atoms with Gasteiger partial charge in [-0.25, -0.2) is 0 Å². The first-order valence-corrected chi connectivity index (χ1v) is 8.60. The van der Waals surface area contributed by atoms with Crippen molar-refractivity contribution in [3.8, 4) is 16.9 Å². The number of carbonyl (C=O) groups excluding carboxylic acids is 1. The fourth-order valence-corrected chi connectivity index (χ4v) is 2.83. The zero-order valence-corrected chi connectivity index (χ0v) is 15.3. The topological polar surface area (TPSA) is 77.2 Å². The summed E-state index contributed by atoms with van der Waals surface area (Å²) < 4.78 is 5.91. The molecule has 27 heavy (non-hydrogen) atoms. The Bertz CT molecular complexity index is 1040. The molecule has 1 aromatic heterocycles. The summed E-state index contributed by atoms with van der Waals surface area (Å²) in [5.41, 5.74) is 8.37. The summed E-state index contributed by atoms with van der Waals surface area (Å²) in [5, 5.41) is 3.87. The monoisotopic (exact) mass is 359 g/mol. The SMILES string of the molecule is C/C=C\C=C(/NC)Oc1cccc(-c2c(C(N)=O)cnc3ccccc23)c1. The number of hydrogen-bond donors (Lipinski definition) is 2. The molecule has 0 saturated heterocycles. The van der Waals surface area contributed by atoms with Gasteiger partial charge >= 0.3 is 0 Å². The second-order valence-electron chi connectivity index (χ2n) is 5.86. The van der Waals surface area contributed by atoms with Crippen LogP contribution in [0.5, 0.6) is 5.75 Å². The molecule has 5 heteroatoms. The van der Waals surface area contributed by atoms with Crippen molar-refractivity contribution >= 4 is 16.8 Å². The van der Waals surface area contributed by atoms with Crippen LogP contribution in [0.25, 0.3) is 22.0 Å². The van der Waals surface area contributed by atoms with Gasteiger partial charge in [-0.1, -0.05) is 42.5 Å². The Kier molecular flexibility index (Phi) is 5.52. The maximum Gasteiger partial charge on any atom is 0.250 e. The molecule has 0 aliphatic carbocycles. The molecule has 0 saturated carbocycles. The normalized spacial score (nSPS) is 11.7. The van der Waals surface area contributed by atoms with E-state index in [0.29, 0.717) is 17.2 Å². The van der Waals surface area contributed by atoms with Gasteiger partial charge < -0.3 is 15.8 Å². The van der Waals surface area contributed by atoms with E-state index in [4.69, 9.17) is 10.5 Å². The van der Waals surface area contributed by atoms with Crippen LogP contribution in [0.4, 0.5) is 0 Å². The van der Waals surface area contributed by atoms with E-state index >= 15 is 0 Å². The number of fused-ring (bicyclic) bond motifs is 1. The summed E-state index contributed by atoms with van der Waals surface area (Å²) in [6.07, 6.45) is 7.17. The van der Waals surface area contributed by atoms with Crippen molar-refractivity contribution in [2.45, 2.75) is 6.92 Å². The van der Waals surface area contributed by atoms with Crippen LogP contribution < -0.4 is 15.8 Å². The van der Waals surface area contributed by atoms with Gasteiger partial charge in [0.15, 0.2) is 5.88 Å². The number of aromatic nitrogens is 1. The van der Waals surface area contributed by atoms with Crippen LogP contribution in [0.2, 0.25) is 0 Å². The van der Waals surface area contributed by atoms with Crippen LogP contribution >= 0.6 is 0 Å². The summed E-state index contributed by atoms with van der Waals surface area (Å²) in [5.74, 6) is 0.743. The first-order valence-electron chi connectivity index (χ1n) is 8.60. The van der Waals surface area contributed by atoms with Crippen molar-refractivity contribution in [3.05, 3.63) is 84.4 Å². The first kappa shape index (κ1) is 18.2. The number of nitrogens with zero attached hydrogens (tertiary/aromatic N) is 1. The number of amides is 1. The van der Waals surface area contributed by atoms with Gasteiger partial charge in [0.1, 0.15) is 5.75 Å². The highest BCUT2D eigenvalue weighted by Crippen LogP contribution is 2.33. The molecule has 0 aliphatic rings. The predicted molar refractivity (Wildman–Crippen MR) is 108 cm³/mol. The van der Waals surface area contributed by atoms with Gasteiger partial charge in [-0.3, -0.25) is 9.78 Å². The lowest BCUT2D eigenvalue weighted by atomic mass is 9.96. The number of pyridine rings is 1. The van der Waals surface area contributed by atoms with Gasteiger partial charge in [0.05, 0.1) is 11.1 Å². The second kappa shape index (κ2) is 8.19. The number of hydrogen-bond acceptors (Lipinski definition) is 4. The van der Waals surface area contributed by atoms with E-state index in [9.17, 15) is 4.79 Å². The van der Waals surface area contributed by atoms with E-state index in [1.54, 1.807) is 7.05 Å². The van der Waals surface area contributed by atoms with E-state index in [1.807, 2.05) is 73.7 Å². The van der Waals surface area contributed by atoms with E-state index in [0.717, 1.165) is 22.0 Å². The summed E-state index contributed by atoms with van der Waals surface area (Å²) in [6.45, 7) is 1.93. The third-order valence-corrected chi connectivity index (χ3v) is 4.08. The van der Waals surface area contributed by atoms with Crippen molar-refractivity contribution in [2.75, 3.05) is 7.05 Å². The van der Waals surface area contributed by atoms with E-state index < -0.39 is 5.91 Å².